The third-order valence-electron chi connectivity index (χ3n) is 2.50. The summed E-state index contributed by atoms with van der Waals surface area (Å²) in [5, 5.41) is 1.57. The van der Waals surface area contributed by atoms with Gasteiger partial charge in [0.25, 0.3) is 0 Å². The summed E-state index contributed by atoms with van der Waals surface area (Å²) in [6, 6.07) is 7.64. The molecule has 1 aromatic carbocycles. The molecule has 1 aromatic heterocycles. The quantitative estimate of drug-likeness (QED) is 0.561. The minimum Gasteiger partial charge on any atom is -0.220 e. The standard InChI is InChI=1S/C13H11Cl3N2S/c1-2-8-12(15)17-11(18-13(8)16)7-19-10-6-4-3-5-9(10)14/h3-6H,2,7H2,1H3. The lowest BCUT2D eigenvalue weighted by Gasteiger charge is -2.07. The van der Waals surface area contributed by atoms with Gasteiger partial charge in [-0.2, -0.15) is 0 Å². The van der Waals surface area contributed by atoms with Gasteiger partial charge in [0.15, 0.2) is 0 Å². The zero-order valence-corrected chi connectivity index (χ0v) is 13.2. The Hall–Kier alpha value is -0.480. The maximum Gasteiger partial charge on any atom is 0.142 e. The number of benzene rings is 1. The number of hydrogen-bond donors (Lipinski definition) is 0. The summed E-state index contributed by atoms with van der Waals surface area (Å²) in [5.41, 5.74) is 0.787. The molecule has 0 radical (unpaired) electrons. The molecule has 0 spiro atoms. The molecule has 2 aromatic rings. The van der Waals surface area contributed by atoms with Gasteiger partial charge in [0, 0.05) is 10.5 Å². The van der Waals surface area contributed by atoms with Gasteiger partial charge in [-0.25, -0.2) is 9.97 Å². The molecular weight excluding hydrogens is 323 g/mol. The van der Waals surface area contributed by atoms with Crippen molar-refractivity contribution < 1.29 is 0 Å². The van der Waals surface area contributed by atoms with Gasteiger partial charge in [0.05, 0.1) is 10.8 Å². The van der Waals surface area contributed by atoms with Crippen LogP contribution in [0.25, 0.3) is 0 Å². The highest BCUT2D eigenvalue weighted by atomic mass is 35.5. The van der Waals surface area contributed by atoms with Crippen molar-refractivity contribution in [1.82, 2.24) is 9.97 Å². The molecule has 6 heteroatoms. The van der Waals surface area contributed by atoms with E-state index < -0.39 is 0 Å². The number of thioether (sulfide) groups is 1. The van der Waals surface area contributed by atoms with E-state index in [2.05, 4.69) is 9.97 Å². The van der Waals surface area contributed by atoms with E-state index in [0.717, 1.165) is 21.9 Å². The minimum absolute atomic E-state index is 0.428. The Morgan fingerprint density at radius 1 is 1.05 bits per heavy atom. The molecule has 19 heavy (non-hydrogen) atoms. The highest BCUT2D eigenvalue weighted by Crippen LogP contribution is 2.30. The molecule has 2 nitrogen and oxygen atoms in total. The van der Waals surface area contributed by atoms with Gasteiger partial charge >= 0.3 is 0 Å². The summed E-state index contributed by atoms with van der Waals surface area (Å²) in [4.78, 5) is 9.50. The normalized spacial score (nSPS) is 10.7. The molecule has 0 aliphatic carbocycles. The fourth-order valence-corrected chi connectivity index (χ4v) is 3.32. The van der Waals surface area contributed by atoms with Crippen LogP contribution in [-0.4, -0.2) is 9.97 Å². The summed E-state index contributed by atoms with van der Waals surface area (Å²) in [7, 11) is 0. The predicted molar refractivity (Wildman–Crippen MR) is 82.4 cm³/mol. The summed E-state index contributed by atoms with van der Waals surface area (Å²) >= 11 is 19.8. The van der Waals surface area contributed by atoms with Crippen LogP contribution in [0.15, 0.2) is 29.2 Å². The van der Waals surface area contributed by atoms with Crippen LogP contribution in [0.1, 0.15) is 18.3 Å². The van der Waals surface area contributed by atoms with Crippen LogP contribution in [0.5, 0.6) is 0 Å². The summed E-state index contributed by atoms with van der Waals surface area (Å²) in [5.74, 6) is 1.18. The number of rotatable bonds is 4. The van der Waals surface area contributed by atoms with E-state index in [4.69, 9.17) is 34.8 Å². The Balaban J connectivity index is 2.15. The van der Waals surface area contributed by atoms with Crippen LogP contribution in [0.2, 0.25) is 15.3 Å². The van der Waals surface area contributed by atoms with Crippen molar-refractivity contribution in [3.63, 3.8) is 0 Å². The van der Waals surface area contributed by atoms with Gasteiger partial charge < -0.3 is 0 Å². The molecule has 0 bridgehead atoms. The van der Waals surface area contributed by atoms with Crippen LogP contribution >= 0.6 is 46.6 Å². The fraction of sp³-hybridized carbons (Fsp3) is 0.231. The first-order chi connectivity index (χ1) is 9.11. The summed E-state index contributed by atoms with van der Waals surface area (Å²) in [6.07, 6.45) is 0.718. The Labute approximate surface area is 131 Å². The maximum absolute atomic E-state index is 6.09. The third kappa shape index (κ3) is 3.76. The molecule has 0 N–H and O–H groups in total. The van der Waals surface area contributed by atoms with Crippen LogP contribution in [0, 0.1) is 0 Å². The van der Waals surface area contributed by atoms with Crippen LogP contribution < -0.4 is 0 Å². The Bertz CT molecular complexity index is 567. The number of hydrogen-bond acceptors (Lipinski definition) is 3. The number of nitrogens with zero attached hydrogens (tertiary/aromatic N) is 2. The molecule has 100 valence electrons. The van der Waals surface area contributed by atoms with Crippen molar-refractivity contribution in [2.24, 2.45) is 0 Å². The average molecular weight is 334 g/mol. The number of aromatic nitrogens is 2. The van der Waals surface area contributed by atoms with Crippen molar-refractivity contribution in [3.8, 4) is 0 Å². The second-order valence-electron chi connectivity index (χ2n) is 3.77. The van der Waals surface area contributed by atoms with Crippen LogP contribution in [-0.2, 0) is 12.2 Å². The van der Waals surface area contributed by atoms with Gasteiger partial charge in [-0.05, 0) is 18.6 Å². The second-order valence-corrected chi connectivity index (χ2v) is 5.91. The third-order valence-corrected chi connectivity index (χ3v) is 4.64. The Kier molecular flexibility index (Phi) is 5.34. The van der Waals surface area contributed by atoms with E-state index in [-0.39, 0.29) is 0 Å². The van der Waals surface area contributed by atoms with E-state index in [1.807, 2.05) is 31.2 Å². The van der Waals surface area contributed by atoms with Gasteiger partial charge in [0.2, 0.25) is 0 Å². The van der Waals surface area contributed by atoms with Crippen LogP contribution in [0.4, 0.5) is 0 Å². The smallest absolute Gasteiger partial charge is 0.142 e. The first-order valence-electron chi connectivity index (χ1n) is 5.70. The molecule has 0 aliphatic rings. The van der Waals surface area contributed by atoms with Crippen molar-refractivity contribution in [1.29, 1.82) is 0 Å². The van der Waals surface area contributed by atoms with E-state index in [1.54, 1.807) is 11.8 Å². The topological polar surface area (TPSA) is 25.8 Å². The Morgan fingerprint density at radius 2 is 1.68 bits per heavy atom. The minimum atomic E-state index is 0.428. The largest absolute Gasteiger partial charge is 0.220 e. The highest BCUT2D eigenvalue weighted by molar-refractivity contribution is 7.98. The molecule has 0 saturated carbocycles. The first kappa shape index (κ1) is 14.9. The molecule has 0 atom stereocenters. The predicted octanol–water partition coefficient (Wildman–Crippen LogP) is 5.29. The Morgan fingerprint density at radius 3 is 2.26 bits per heavy atom. The highest BCUT2D eigenvalue weighted by Gasteiger charge is 2.10. The SMILES string of the molecule is CCc1c(Cl)nc(CSc2ccccc2Cl)nc1Cl. The van der Waals surface area contributed by atoms with Crippen molar-refractivity contribution in [2.75, 3.05) is 0 Å². The molecule has 0 saturated heterocycles. The van der Waals surface area contributed by atoms with Gasteiger partial charge in [-0.1, -0.05) is 53.9 Å². The molecule has 0 unspecified atom stereocenters. The van der Waals surface area contributed by atoms with Gasteiger partial charge in [-0.15, -0.1) is 11.8 Å². The van der Waals surface area contributed by atoms with Crippen molar-refractivity contribution in [2.45, 2.75) is 24.0 Å². The lowest BCUT2D eigenvalue weighted by Crippen LogP contribution is -1.98. The van der Waals surface area contributed by atoms with Gasteiger partial charge in [0.1, 0.15) is 16.1 Å². The van der Waals surface area contributed by atoms with E-state index >= 15 is 0 Å². The first-order valence-corrected chi connectivity index (χ1v) is 7.82. The van der Waals surface area contributed by atoms with E-state index in [0.29, 0.717) is 21.9 Å². The average Bonchev–Trinajstić information content (AvgIpc) is 2.37. The molecule has 0 aliphatic heterocycles. The molecule has 0 fully saturated rings. The molecule has 1 heterocycles. The zero-order valence-electron chi connectivity index (χ0n) is 10.2. The second kappa shape index (κ2) is 6.80. The summed E-state index contributed by atoms with van der Waals surface area (Å²) in [6.45, 7) is 1.97. The fourth-order valence-electron chi connectivity index (χ4n) is 1.53. The van der Waals surface area contributed by atoms with Crippen LogP contribution in [0.3, 0.4) is 0 Å². The molecule has 0 amide bonds. The van der Waals surface area contributed by atoms with Crippen molar-refractivity contribution in [3.05, 3.63) is 51.0 Å². The van der Waals surface area contributed by atoms with Crippen molar-refractivity contribution >= 4 is 46.6 Å². The lowest BCUT2D eigenvalue weighted by atomic mass is 10.3. The van der Waals surface area contributed by atoms with Gasteiger partial charge in [-0.3, -0.25) is 0 Å². The molecule has 2 rings (SSSR count). The monoisotopic (exact) mass is 332 g/mol. The summed E-state index contributed by atoms with van der Waals surface area (Å²) < 4.78 is 0. The van der Waals surface area contributed by atoms with E-state index in [9.17, 15) is 0 Å². The number of halogens is 3. The lowest BCUT2D eigenvalue weighted by molar-refractivity contribution is 0.979. The van der Waals surface area contributed by atoms with E-state index in [1.165, 1.54) is 0 Å². The molecular formula is C13H11Cl3N2S. The maximum atomic E-state index is 6.09. The zero-order chi connectivity index (χ0) is 13.8.